The molecule has 30 heavy (non-hydrogen) atoms. The van der Waals surface area contributed by atoms with Gasteiger partial charge in [0.05, 0.1) is 23.9 Å². The third-order valence-electron chi connectivity index (χ3n) is 4.24. The fraction of sp³-hybridized carbons (Fsp3) is 0.227. The van der Waals surface area contributed by atoms with E-state index in [-0.39, 0.29) is 6.54 Å². The van der Waals surface area contributed by atoms with Gasteiger partial charge in [0, 0.05) is 17.5 Å². The third-order valence-corrected chi connectivity index (χ3v) is 4.87. The first kappa shape index (κ1) is 21.3. The molecule has 7 nitrogen and oxygen atoms in total. The summed E-state index contributed by atoms with van der Waals surface area (Å²) in [5.74, 6) is 0.196. The number of thiazole rings is 1. The quantitative estimate of drug-likeness (QED) is 0.526. The van der Waals surface area contributed by atoms with Gasteiger partial charge < -0.3 is 19.5 Å². The van der Waals surface area contributed by atoms with Crippen LogP contribution in [-0.4, -0.2) is 30.1 Å². The van der Waals surface area contributed by atoms with Gasteiger partial charge in [0.25, 0.3) is 5.91 Å². The summed E-state index contributed by atoms with van der Waals surface area (Å²) in [7, 11) is 1.57. The van der Waals surface area contributed by atoms with Crippen LogP contribution < -0.4 is 14.8 Å². The number of rotatable bonds is 9. The van der Waals surface area contributed by atoms with Gasteiger partial charge in [0.2, 0.25) is 0 Å². The first-order chi connectivity index (χ1) is 14.6. The van der Waals surface area contributed by atoms with E-state index in [2.05, 4.69) is 10.3 Å². The molecule has 0 aliphatic rings. The zero-order valence-corrected chi connectivity index (χ0v) is 17.5. The molecular weight excluding hydrogens is 404 g/mol. The maximum atomic E-state index is 12.4. The number of aromatic nitrogens is 1. The molecule has 0 aliphatic heterocycles. The number of nitrogens with zero attached hydrogens (tertiary/aromatic N) is 1. The Balaban J connectivity index is 1.53. The lowest BCUT2D eigenvalue weighted by Gasteiger charge is -2.15. The van der Waals surface area contributed by atoms with Crippen LogP contribution in [0.5, 0.6) is 11.5 Å². The average molecular weight is 426 g/mol. The van der Waals surface area contributed by atoms with Gasteiger partial charge in [0.15, 0.2) is 6.10 Å². The Kier molecular flexibility index (Phi) is 7.40. The number of benzene rings is 2. The molecule has 0 saturated carbocycles. The molecule has 1 aromatic heterocycles. The number of methoxy groups -OCH3 is 1. The molecule has 0 bridgehead atoms. The van der Waals surface area contributed by atoms with Crippen molar-refractivity contribution in [3.8, 4) is 11.5 Å². The minimum atomic E-state index is -0.952. The van der Waals surface area contributed by atoms with Crippen molar-refractivity contribution in [3.63, 3.8) is 0 Å². The van der Waals surface area contributed by atoms with E-state index in [9.17, 15) is 9.59 Å². The summed E-state index contributed by atoms with van der Waals surface area (Å²) in [5, 5.41) is 4.64. The smallest absolute Gasteiger partial charge is 0.339 e. The van der Waals surface area contributed by atoms with Crippen molar-refractivity contribution in [2.45, 2.75) is 26.2 Å². The zero-order valence-electron chi connectivity index (χ0n) is 16.7. The van der Waals surface area contributed by atoms with Gasteiger partial charge in [-0.15, -0.1) is 11.3 Å². The monoisotopic (exact) mass is 426 g/mol. The van der Waals surface area contributed by atoms with E-state index in [0.29, 0.717) is 23.7 Å². The number of esters is 1. The SMILES string of the molecule is COc1ccccc1CNC(=O)C(C)OC(=O)c1cccc(OCc2cscn2)c1. The van der Waals surface area contributed by atoms with Crippen LogP contribution in [0.3, 0.4) is 0 Å². The number of amides is 1. The molecule has 1 amide bonds. The summed E-state index contributed by atoms with van der Waals surface area (Å²) >= 11 is 1.49. The Hall–Kier alpha value is -3.39. The Bertz CT molecular complexity index is 991. The summed E-state index contributed by atoms with van der Waals surface area (Å²) in [6.07, 6.45) is -0.952. The second-order valence-corrected chi connectivity index (χ2v) is 7.09. The topological polar surface area (TPSA) is 86.8 Å². The minimum absolute atomic E-state index is 0.269. The van der Waals surface area contributed by atoms with Gasteiger partial charge in [-0.1, -0.05) is 24.3 Å². The van der Waals surface area contributed by atoms with Crippen molar-refractivity contribution >= 4 is 23.2 Å². The van der Waals surface area contributed by atoms with Gasteiger partial charge in [-0.3, -0.25) is 4.79 Å². The molecule has 1 unspecified atom stereocenters. The van der Waals surface area contributed by atoms with Crippen LogP contribution in [0.2, 0.25) is 0 Å². The lowest BCUT2D eigenvalue weighted by Crippen LogP contribution is -2.35. The molecule has 0 fully saturated rings. The van der Waals surface area contributed by atoms with E-state index in [0.717, 1.165) is 11.3 Å². The number of nitrogens with one attached hydrogen (secondary N) is 1. The zero-order chi connectivity index (χ0) is 21.3. The highest BCUT2D eigenvalue weighted by atomic mass is 32.1. The fourth-order valence-electron chi connectivity index (χ4n) is 2.64. The van der Waals surface area contributed by atoms with Crippen LogP contribution in [-0.2, 0) is 22.7 Å². The van der Waals surface area contributed by atoms with Crippen LogP contribution >= 0.6 is 11.3 Å². The third kappa shape index (κ3) is 5.81. The molecule has 3 rings (SSSR count). The van der Waals surface area contributed by atoms with Gasteiger partial charge in [-0.25, -0.2) is 9.78 Å². The number of carbonyl (C=O) groups is 2. The molecule has 156 valence electrons. The summed E-state index contributed by atoms with van der Waals surface area (Å²) in [5.41, 5.74) is 3.67. The van der Waals surface area contributed by atoms with Crippen molar-refractivity contribution in [3.05, 3.63) is 76.2 Å². The molecular formula is C22H22N2O5S. The van der Waals surface area contributed by atoms with Gasteiger partial charge in [-0.2, -0.15) is 0 Å². The van der Waals surface area contributed by atoms with E-state index in [4.69, 9.17) is 14.2 Å². The van der Waals surface area contributed by atoms with Gasteiger partial charge in [-0.05, 0) is 31.2 Å². The van der Waals surface area contributed by atoms with Gasteiger partial charge in [0.1, 0.15) is 18.1 Å². The van der Waals surface area contributed by atoms with Crippen LogP contribution in [0.25, 0.3) is 0 Å². The van der Waals surface area contributed by atoms with Crippen molar-refractivity contribution in [1.29, 1.82) is 0 Å². The van der Waals surface area contributed by atoms with Crippen molar-refractivity contribution < 1.29 is 23.8 Å². The van der Waals surface area contributed by atoms with Crippen molar-refractivity contribution in [2.24, 2.45) is 0 Å². The molecule has 0 aliphatic carbocycles. The summed E-state index contributed by atoms with van der Waals surface area (Å²) in [4.78, 5) is 28.9. The molecule has 0 saturated heterocycles. The molecule has 3 aromatic rings. The normalized spacial score (nSPS) is 11.4. The van der Waals surface area contributed by atoms with E-state index >= 15 is 0 Å². The van der Waals surface area contributed by atoms with Crippen molar-refractivity contribution in [2.75, 3.05) is 7.11 Å². The molecule has 1 heterocycles. The maximum absolute atomic E-state index is 12.4. The Morgan fingerprint density at radius 3 is 2.77 bits per heavy atom. The van der Waals surface area contributed by atoms with Crippen LogP contribution in [0.4, 0.5) is 0 Å². The predicted molar refractivity (Wildman–Crippen MR) is 113 cm³/mol. The minimum Gasteiger partial charge on any atom is -0.496 e. The number of para-hydroxylation sites is 1. The Morgan fingerprint density at radius 1 is 1.17 bits per heavy atom. The van der Waals surface area contributed by atoms with E-state index in [1.807, 2.05) is 29.6 Å². The van der Waals surface area contributed by atoms with Crippen LogP contribution in [0.15, 0.2) is 59.4 Å². The molecule has 2 aromatic carbocycles. The Morgan fingerprint density at radius 2 is 2.00 bits per heavy atom. The molecule has 0 spiro atoms. The number of carbonyl (C=O) groups excluding carboxylic acids is 2. The highest BCUT2D eigenvalue weighted by Crippen LogP contribution is 2.18. The molecule has 0 radical (unpaired) electrons. The highest BCUT2D eigenvalue weighted by Gasteiger charge is 2.19. The van der Waals surface area contributed by atoms with Crippen LogP contribution in [0.1, 0.15) is 28.5 Å². The lowest BCUT2D eigenvalue weighted by molar-refractivity contribution is -0.129. The first-order valence-electron chi connectivity index (χ1n) is 9.27. The molecule has 8 heteroatoms. The van der Waals surface area contributed by atoms with Crippen molar-refractivity contribution in [1.82, 2.24) is 10.3 Å². The first-order valence-corrected chi connectivity index (χ1v) is 10.2. The highest BCUT2D eigenvalue weighted by molar-refractivity contribution is 7.07. The fourth-order valence-corrected chi connectivity index (χ4v) is 3.18. The van der Waals surface area contributed by atoms with E-state index in [1.165, 1.54) is 18.3 Å². The summed E-state index contributed by atoms with van der Waals surface area (Å²) in [6, 6.07) is 14.0. The summed E-state index contributed by atoms with van der Waals surface area (Å²) in [6.45, 7) is 2.10. The number of hydrogen-bond donors (Lipinski definition) is 1. The lowest BCUT2D eigenvalue weighted by atomic mass is 10.2. The largest absolute Gasteiger partial charge is 0.496 e. The number of hydrogen-bond acceptors (Lipinski definition) is 7. The van der Waals surface area contributed by atoms with Gasteiger partial charge >= 0.3 is 5.97 Å². The standard InChI is InChI=1S/C22H22N2O5S/c1-15(21(25)23-11-17-6-3-4-9-20(17)27-2)29-22(26)16-7-5-8-19(10-16)28-12-18-13-30-14-24-18/h3-10,13-15H,11-12H2,1-2H3,(H,23,25). The maximum Gasteiger partial charge on any atom is 0.339 e. The van der Waals surface area contributed by atoms with Crippen LogP contribution in [0, 0.1) is 0 Å². The second kappa shape index (κ2) is 10.4. The Labute approximate surface area is 178 Å². The predicted octanol–water partition coefficient (Wildman–Crippen LogP) is 3.59. The van der Waals surface area contributed by atoms with E-state index in [1.54, 1.807) is 36.9 Å². The molecule has 1 atom stereocenters. The number of ether oxygens (including phenoxy) is 3. The summed E-state index contributed by atoms with van der Waals surface area (Å²) < 4.78 is 16.2. The van der Waals surface area contributed by atoms with E-state index < -0.39 is 18.0 Å². The second-order valence-electron chi connectivity index (χ2n) is 6.37. The molecule has 1 N–H and O–H groups in total. The average Bonchev–Trinajstić information content (AvgIpc) is 3.30.